The van der Waals surface area contributed by atoms with Crippen LogP contribution in [0.3, 0.4) is 0 Å². The Morgan fingerprint density at radius 3 is 1.68 bits per heavy atom. The van der Waals surface area contributed by atoms with Crippen LogP contribution >= 0.6 is 60.8 Å². The molecule has 5 N–H and O–H groups in total. The van der Waals surface area contributed by atoms with Gasteiger partial charge in [0.05, 0.1) is 49.8 Å². The maximum Gasteiger partial charge on any atom is 0.475 e. The van der Waals surface area contributed by atoms with Crippen LogP contribution in [0.25, 0.3) is 0 Å². The molecular weight excluding hydrogens is 1060 g/mol. The molecule has 352 valence electrons. The van der Waals surface area contributed by atoms with E-state index in [0.29, 0.717) is 45.0 Å². The van der Waals surface area contributed by atoms with E-state index in [0.717, 1.165) is 67.6 Å². The van der Waals surface area contributed by atoms with Crippen molar-refractivity contribution in [2.75, 3.05) is 39.6 Å². The molecule has 2 atom stereocenters. The van der Waals surface area contributed by atoms with Crippen molar-refractivity contribution < 1.29 is 56.3 Å². The van der Waals surface area contributed by atoms with Gasteiger partial charge in [0.2, 0.25) is 0 Å². The van der Waals surface area contributed by atoms with Crippen molar-refractivity contribution in [3.05, 3.63) is 80.0 Å². The molecular formula is C44H70I2N2O12P2. The van der Waals surface area contributed by atoms with Gasteiger partial charge in [0.15, 0.2) is 5.90 Å². The molecule has 2 aromatic rings. The SMILES string of the molecule is CC1=NC(CCc2ccc(OCCCC/C=C/I)cc2)(COP(=O)(OC(C)(C)C)OC(C)(C)C)CO1.NC(CO)(CCc1ccc(OCCCC/C=C/I)cc1)COP(=O)(O)O. The summed E-state index contributed by atoms with van der Waals surface area (Å²) in [5.74, 6) is 2.27. The van der Waals surface area contributed by atoms with Crippen LogP contribution in [-0.4, -0.2) is 82.7 Å². The van der Waals surface area contributed by atoms with Crippen molar-refractivity contribution in [3.8, 4) is 11.5 Å². The summed E-state index contributed by atoms with van der Waals surface area (Å²) in [5.41, 5.74) is 4.83. The number of ether oxygens (including phenoxy) is 3. The maximum atomic E-state index is 13.5. The van der Waals surface area contributed by atoms with Crippen LogP contribution in [0.2, 0.25) is 0 Å². The Balaban J connectivity index is 0.000000451. The molecule has 1 heterocycles. The Hall–Kier alpha value is -1.41. The molecule has 1 aliphatic rings. The molecule has 18 heteroatoms. The number of hydrogen-bond acceptors (Lipinski definition) is 12. The van der Waals surface area contributed by atoms with E-state index < -0.39 is 51.1 Å². The summed E-state index contributed by atoms with van der Waals surface area (Å²) in [6, 6.07) is 15.7. The molecule has 0 fully saturated rings. The summed E-state index contributed by atoms with van der Waals surface area (Å²) < 4.78 is 67.5. The minimum absolute atomic E-state index is 0.0712. The van der Waals surface area contributed by atoms with Crippen LogP contribution in [0.15, 0.2) is 73.8 Å². The predicted octanol–water partition coefficient (Wildman–Crippen LogP) is 11.0. The first-order valence-corrected chi connectivity index (χ1v) is 26.4. The number of rotatable bonds is 27. The quantitative estimate of drug-likeness (QED) is 0.0375. The van der Waals surface area contributed by atoms with E-state index in [1.165, 1.54) is 0 Å². The van der Waals surface area contributed by atoms with Crippen LogP contribution in [0.4, 0.5) is 0 Å². The average Bonchev–Trinajstić information content (AvgIpc) is 3.57. The van der Waals surface area contributed by atoms with E-state index >= 15 is 0 Å². The highest BCUT2D eigenvalue weighted by molar-refractivity contribution is 14.1. The summed E-state index contributed by atoms with van der Waals surface area (Å²) in [6.45, 7) is 13.7. The smallest absolute Gasteiger partial charge is 0.475 e. The lowest BCUT2D eigenvalue weighted by atomic mass is 9.94. The Kier molecular flexibility index (Phi) is 25.5. The van der Waals surface area contributed by atoms with Crippen LogP contribution in [0.5, 0.6) is 11.5 Å². The number of allylic oxidation sites excluding steroid dienone is 2. The van der Waals surface area contributed by atoms with Crippen molar-refractivity contribution in [2.24, 2.45) is 10.7 Å². The molecule has 0 aromatic heterocycles. The molecule has 14 nitrogen and oxygen atoms in total. The summed E-state index contributed by atoms with van der Waals surface area (Å²) in [5, 5.41) is 9.40. The number of benzene rings is 2. The number of nitrogens with two attached hydrogens (primary N) is 1. The van der Waals surface area contributed by atoms with Gasteiger partial charge in [-0.05, 0) is 149 Å². The van der Waals surface area contributed by atoms with Crippen molar-refractivity contribution in [1.29, 1.82) is 0 Å². The number of phosphoric acid groups is 2. The number of nitrogens with zero attached hydrogens (tertiary/aromatic N) is 1. The van der Waals surface area contributed by atoms with Gasteiger partial charge in [0.25, 0.3) is 0 Å². The lowest BCUT2D eigenvalue weighted by Crippen LogP contribution is -2.48. The molecule has 0 radical (unpaired) electrons. The van der Waals surface area contributed by atoms with E-state index in [1.54, 1.807) is 0 Å². The number of aliphatic hydroxyl groups excluding tert-OH is 1. The Morgan fingerprint density at radius 1 is 0.790 bits per heavy atom. The normalized spacial score (nSPS) is 17.1. The highest BCUT2D eigenvalue weighted by Gasteiger charge is 2.43. The fourth-order valence-electron chi connectivity index (χ4n) is 5.77. The van der Waals surface area contributed by atoms with E-state index in [1.807, 2.05) is 88.9 Å². The van der Waals surface area contributed by atoms with Gasteiger partial charge < -0.3 is 34.8 Å². The standard InChI is InChI=1S/C27H43INO6P.C17H27INO6P/c1-22-29-27(20-32-22,21-33-36(30,34-25(2,3)4)35-26(5,6)7)17-16-23-12-14-24(15-13-23)31-19-11-9-8-10-18-28;18-11-3-1-2-4-12-24-16-7-5-15(6-8-16)9-10-17(19,13-20)14-25-26(21,22)23/h10,12-15,18H,8-9,11,16-17,19-21H2,1-7H3;3,5-8,11,20H,1-2,4,9-10,12-14,19H2,(H2,21,22,23)/b18-10+;11-3+. The van der Waals surface area contributed by atoms with E-state index in [9.17, 15) is 14.2 Å². The van der Waals surface area contributed by atoms with Crippen LogP contribution in [0.1, 0.15) is 111 Å². The number of aliphatic hydroxyl groups is 1. The van der Waals surface area contributed by atoms with Gasteiger partial charge in [-0.15, -0.1) is 0 Å². The Labute approximate surface area is 397 Å². The van der Waals surface area contributed by atoms with Crippen LogP contribution in [0, 0.1) is 0 Å². The zero-order chi connectivity index (χ0) is 46.3. The van der Waals surface area contributed by atoms with Gasteiger partial charge in [-0.25, -0.2) is 14.1 Å². The largest absolute Gasteiger partial charge is 0.494 e. The molecule has 0 amide bonds. The minimum atomic E-state index is -4.61. The predicted molar refractivity (Wildman–Crippen MR) is 264 cm³/mol. The first kappa shape index (κ1) is 56.7. The van der Waals surface area contributed by atoms with Crippen molar-refractivity contribution in [3.63, 3.8) is 0 Å². The first-order chi connectivity index (χ1) is 29.0. The van der Waals surface area contributed by atoms with Crippen molar-refractivity contribution >= 4 is 66.7 Å². The molecule has 3 rings (SSSR count). The highest BCUT2D eigenvalue weighted by atomic mass is 127. The molecule has 1 aliphatic heterocycles. The van der Waals surface area contributed by atoms with Crippen molar-refractivity contribution in [1.82, 2.24) is 0 Å². The monoisotopic (exact) mass is 1130 g/mol. The third kappa shape index (κ3) is 25.9. The zero-order valence-corrected chi connectivity index (χ0v) is 43.5. The zero-order valence-electron chi connectivity index (χ0n) is 37.4. The summed E-state index contributed by atoms with van der Waals surface area (Å²) >= 11 is 4.45. The molecule has 2 unspecified atom stereocenters. The summed E-state index contributed by atoms with van der Waals surface area (Å²) in [4.78, 5) is 22.2. The number of aryl methyl sites for hydroxylation is 2. The molecule has 0 bridgehead atoms. The van der Waals surface area contributed by atoms with E-state index in [-0.39, 0.29) is 6.61 Å². The lowest BCUT2D eigenvalue weighted by molar-refractivity contribution is -0.00468. The maximum absolute atomic E-state index is 13.5. The first-order valence-electron chi connectivity index (χ1n) is 20.9. The van der Waals surface area contributed by atoms with Gasteiger partial charge in [0, 0.05) is 6.92 Å². The number of unbranched alkanes of at least 4 members (excludes halogenated alkanes) is 4. The Morgan fingerprint density at radius 2 is 1.27 bits per heavy atom. The fraction of sp³-hybridized carbons (Fsp3) is 0.614. The minimum Gasteiger partial charge on any atom is -0.494 e. The second-order valence-electron chi connectivity index (χ2n) is 17.3. The average molecular weight is 1130 g/mol. The third-order valence-electron chi connectivity index (χ3n) is 8.93. The summed E-state index contributed by atoms with van der Waals surface area (Å²) in [6.07, 6.45) is 13.0. The van der Waals surface area contributed by atoms with Gasteiger partial charge in [-0.1, -0.05) is 81.6 Å². The number of aliphatic imine (C=N–C) groups is 1. The second-order valence-corrected chi connectivity index (χ2v) is 21.5. The molecule has 2 aromatic carbocycles. The molecule has 0 spiro atoms. The second kappa shape index (κ2) is 27.9. The topological polar surface area (TPSA) is 198 Å². The fourth-order valence-corrected chi connectivity index (χ4v) is 8.80. The molecule has 0 saturated carbocycles. The van der Waals surface area contributed by atoms with Gasteiger partial charge in [-0.2, -0.15) is 0 Å². The molecule has 0 saturated heterocycles. The van der Waals surface area contributed by atoms with E-state index in [2.05, 4.69) is 78.1 Å². The van der Waals surface area contributed by atoms with Gasteiger partial charge >= 0.3 is 15.6 Å². The number of hydrogen-bond donors (Lipinski definition) is 4. The Bertz CT molecular complexity index is 1740. The van der Waals surface area contributed by atoms with Gasteiger partial charge in [0.1, 0.15) is 23.6 Å². The van der Waals surface area contributed by atoms with Crippen LogP contribution in [-0.2, 0) is 44.8 Å². The summed E-state index contributed by atoms with van der Waals surface area (Å²) in [7, 11) is -8.45. The van der Waals surface area contributed by atoms with Crippen LogP contribution < -0.4 is 15.2 Å². The number of halogens is 2. The third-order valence-corrected chi connectivity index (χ3v) is 12.4. The van der Waals surface area contributed by atoms with Gasteiger partial charge in [-0.3, -0.25) is 18.1 Å². The highest BCUT2D eigenvalue weighted by Crippen LogP contribution is 2.56. The van der Waals surface area contributed by atoms with Crippen molar-refractivity contribution in [2.45, 2.75) is 135 Å². The number of phosphoric ester groups is 2. The molecule has 62 heavy (non-hydrogen) atoms. The lowest BCUT2D eigenvalue weighted by Gasteiger charge is -2.33. The van der Waals surface area contributed by atoms with E-state index in [4.69, 9.17) is 48.3 Å². The molecule has 0 aliphatic carbocycles.